The molecule has 0 aliphatic carbocycles. The fourth-order valence-electron chi connectivity index (χ4n) is 3.56. The van der Waals surface area contributed by atoms with E-state index in [0.717, 1.165) is 28.6 Å². The van der Waals surface area contributed by atoms with Gasteiger partial charge < -0.3 is 14.2 Å². The van der Waals surface area contributed by atoms with Gasteiger partial charge in [0.2, 0.25) is 5.91 Å². The Hall–Kier alpha value is -2.11. The zero-order valence-electron chi connectivity index (χ0n) is 18.3. The maximum Gasteiger partial charge on any atom is 0.495 e. The van der Waals surface area contributed by atoms with Gasteiger partial charge in [0.25, 0.3) is 0 Å². The SMILES string of the molecule is C=C1/C=C\C=C/CCN(C(=O)Cc2ccc(B3OC(C)(C)C(C)(C)O3)c(C)c2)C1. The lowest BCUT2D eigenvalue weighted by molar-refractivity contribution is -0.130. The lowest BCUT2D eigenvalue weighted by Crippen LogP contribution is -2.41. The standard InChI is InChI=1S/C24H32BNO3/c1-18-11-9-7-8-10-14-26(17-18)22(27)16-20-12-13-21(19(2)15-20)25-28-23(3,4)24(5,6)29-25/h7-9,11-13,15H,1,10,14,16-17H2,2-6H3/b8-7-,11-9-. The van der Waals surface area contributed by atoms with Crippen molar-refractivity contribution >= 4 is 18.5 Å². The lowest BCUT2D eigenvalue weighted by atomic mass is 9.75. The van der Waals surface area contributed by atoms with Gasteiger partial charge in [0.15, 0.2) is 0 Å². The van der Waals surface area contributed by atoms with Gasteiger partial charge in [-0.2, -0.15) is 0 Å². The van der Waals surface area contributed by atoms with E-state index in [4.69, 9.17) is 9.31 Å². The van der Waals surface area contributed by atoms with Gasteiger partial charge in [-0.3, -0.25) is 4.79 Å². The number of amides is 1. The summed E-state index contributed by atoms with van der Waals surface area (Å²) in [4.78, 5) is 14.8. The highest BCUT2D eigenvalue weighted by Gasteiger charge is 2.52. The van der Waals surface area contributed by atoms with E-state index in [1.807, 2.05) is 42.2 Å². The molecule has 154 valence electrons. The summed E-state index contributed by atoms with van der Waals surface area (Å²) in [7, 11) is -0.384. The molecular formula is C24H32BNO3. The second-order valence-electron chi connectivity index (χ2n) is 9.01. The van der Waals surface area contributed by atoms with E-state index in [9.17, 15) is 4.79 Å². The molecule has 0 bridgehead atoms. The Bertz CT molecular complexity index is 838. The molecule has 2 aliphatic heterocycles. The van der Waals surface area contributed by atoms with E-state index in [1.54, 1.807) is 0 Å². The number of carbonyl (C=O) groups is 1. The molecule has 2 aliphatic rings. The van der Waals surface area contributed by atoms with Crippen molar-refractivity contribution in [2.24, 2.45) is 0 Å². The van der Waals surface area contributed by atoms with E-state index in [-0.39, 0.29) is 24.2 Å². The number of allylic oxidation sites excluding steroid dienone is 2. The number of carbonyl (C=O) groups excluding carboxylic acids is 1. The first kappa shape index (κ1) is 21.6. The number of rotatable bonds is 3. The van der Waals surface area contributed by atoms with Crippen LogP contribution in [0.1, 0.15) is 45.2 Å². The van der Waals surface area contributed by atoms with Gasteiger partial charge in [0.1, 0.15) is 0 Å². The van der Waals surface area contributed by atoms with Crippen molar-refractivity contribution in [3.05, 3.63) is 65.8 Å². The van der Waals surface area contributed by atoms with Crippen LogP contribution in [0.15, 0.2) is 54.7 Å². The summed E-state index contributed by atoms with van der Waals surface area (Å²) >= 11 is 0. The third-order valence-corrected chi connectivity index (χ3v) is 6.09. The van der Waals surface area contributed by atoms with Crippen LogP contribution in [0.5, 0.6) is 0 Å². The molecule has 4 nitrogen and oxygen atoms in total. The maximum atomic E-state index is 12.9. The molecule has 1 aromatic carbocycles. The molecule has 1 amide bonds. The quantitative estimate of drug-likeness (QED) is 0.735. The number of benzene rings is 1. The highest BCUT2D eigenvalue weighted by atomic mass is 16.7. The Balaban J connectivity index is 1.70. The fourth-order valence-corrected chi connectivity index (χ4v) is 3.56. The van der Waals surface area contributed by atoms with Crippen LogP contribution in [-0.2, 0) is 20.5 Å². The largest absolute Gasteiger partial charge is 0.495 e. The van der Waals surface area contributed by atoms with Gasteiger partial charge in [-0.05, 0) is 57.6 Å². The molecule has 1 fully saturated rings. The molecule has 0 spiro atoms. The van der Waals surface area contributed by atoms with Crippen molar-refractivity contribution in [3.8, 4) is 0 Å². The highest BCUT2D eigenvalue weighted by molar-refractivity contribution is 6.62. The van der Waals surface area contributed by atoms with Crippen molar-refractivity contribution in [3.63, 3.8) is 0 Å². The minimum atomic E-state index is -0.384. The van der Waals surface area contributed by atoms with Gasteiger partial charge in [0.05, 0.1) is 17.6 Å². The van der Waals surface area contributed by atoms with Crippen LogP contribution in [0, 0.1) is 6.92 Å². The number of nitrogens with zero attached hydrogens (tertiary/aromatic N) is 1. The summed E-state index contributed by atoms with van der Waals surface area (Å²) < 4.78 is 12.4. The summed E-state index contributed by atoms with van der Waals surface area (Å²) in [6.07, 6.45) is 9.27. The summed E-state index contributed by atoms with van der Waals surface area (Å²) in [5, 5.41) is 0. The third kappa shape index (κ3) is 4.91. The summed E-state index contributed by atoms with van der Waals surface area (Å²) in [5.41, 5.74) is 3.31. The zero-order valence-corrected chi connectivity index (χ0v) is 18.3. The molecule has 1 saturated heterocycles. The highest BCUT2D eigenvalue weighted by Crippen LogP contribution is 2.36. The predicted molar refractivity (Wildman–Crippen MR) is 119 cm³/mol. The Morgan fingerprint density at radius 3 is 2.52 bits per heavy atom. The number of hydrogen-bond acceptors (Lipinski definition) is 3. The summed E-state index contributed by atoms with van der Waals surface area (Å²) in [5.74, 6) is 0.123. The molecule has 0 radical (unpaired) electrons. The van der Waals surface area contributed by atoms with Crippen molar-refractivity contribution in [2.45, 2.75) is 58.7 Å². The molecule has 29 heavy (non-hydrogen) atoms. The van der Waals surface area contributed by atoms with Crippen molar-refractivity contribution in [2.75, 3.05) is 13.1 Å². The average Bonchev–Trinajstić information content (AvgIpc) is 2.90. The van der Waals surface area contributed by atoms with E-state index < -0.39 is 0 Å². The Morgan fingerprint density at radius 2 is 1.86 bits per heavy atom. The van der Waals surface area contributed by atoms with Gasteiger partial charge >= 0.3 is 7.12 Å². The monoisotopic (exact) mass is 393 g/mol. The van der Waals surface area contributed by atoms with E-state index in [1.165, 1.54) is 0 Å². The topological polar surface area (TPSA) is 38.8 Å². The molecule has 0 aromatic heterocycles. The summed E-state index contributed by atoms with van der Waals surface area (Å²) in [6.45, 7) is 15.6. The number of aryl methyl sites for hydroxylation is 1. The third-order valence-electron chi connectivity index (χ3n) is 6.09. The van der Waals surface area contributed by atoms with Crippen LogP contribution < -0.4 is 5.46 Å². The minimum absolute atomic E-state index is 0.123. The van der Waals surface area contributed by atoms with Gasteiger partial charge in [0, 0.05) is 13.1 Å². The lowest BCUT2D eigenvalue weighted by Gasteiger charge is -2.32. The molecule has 0 N–H and O–H groups in total. The van der Waals surface area contributed by atoms with Crippen LogP contribution in [0.25, 0.3) is 0 Å². The molecule has 0 saturated carbocycles. The first-order valence-electron chi connectivity index (χ1n) is 10.3. The van der Waals surface area contributed by atoms with Crippen LogP contribution in [0.4, 0.5) is 0 Å². The average molecular weight is 393 g/mol. The molecule has 3 rings (SSSR count). The Kier molecular flexibility index (Phi) is 6.20. The van der Waals surface area contributed by atoms with E-state index >= 15 is 0 Å². The number of hydrogen-bond donors (Lipinski definition) is 0. The normalized spacial score (nSPS) is 23.3. The predicted octanol–water partition coefficient (Wildman–Crippen LogP) is 3.74. The summed E-state index contributed by atoms with van der Waals surface area (Å²) in [6, 6.07) is 6.11. The van der Waals surface area contributed by atoms with E-state index in [0.29, 0.717) is 19.5 Å². The molecule has 2 heterocycles. The second kappa shape index (κ2) is 8.33. The smallest absolute Gasteiger partial charge is 0.399 e. The Labute approximate surface area is 175 Å². The maximum absolute atomic E-state index is 12.9. The Morgan fingerprint density at radius 1 is 1.17 bits per heavy atom. The van der Waals surface area contributed by atoms with Crippen LogP contribution >= 0.6 is 0 Å². The van der Waals surface area contributed by atoms with Gasteiger partial charge in [-0.25, -0.2) is 0 Å². The molecular weight excluding hydrogens is 361 g/mol. The molecule has 0 atom stereocenters. The van der Waals surface area contributed by atoms with Crippen LogP contribution in [0.2, 0.25) is 0 Å². The minimum Gasteiger partial charge on any atom is -0.399 e. The van der Waals surface area contributed by atoms with E-state index in [2.05, 4.69) is 46.4 Å². The van der Waals surface area contributed by atoms with Gasteiger partial charge in [-0.1, -0.05) is 54.6 Å². The van der Waals surface area contributed by atoms with Crippen molar-refractivity contribution in [1.82, 2.24) is 4.90 Å². The first-order valence-corrected chi connectivity index (χ1v) is 10.3. The second-order valence-corrected chi connectivity index (χ2v) is 9.01. The van der Waals surface area contributed by atoms with Crippen molar-refractivity contribution < 1.29 is 14.1 Å². The van der Waals surface area contributed by atoms with Crippen molar-refractivity contribution in [1.29, 1.82) is 0 Å². The van der Waals surface area contributed by atoms with Gasteiger partial charge in [-0.15, -0.1) is 0 Å². The fraction of sp³-hybridized carbons (Fsp3) is 0.458. The zero-order chi connectivity index (χ0) is 21.2. The van der Waals surface area contributed by atoms with Crippen LogP contribution in [0.3, 0.4) is 0 Å². The first-order chi connectivity index (χ1) is 13.6. The molecule has 0 unspecified atom stereocenters. The van der Waals surface area contributed by atoms with Crippen LogP contribution in [-0.4, -0.2) is 42.2 Å². The molecule has 5 heteroatoms. The molecule has 1 aromatic rings.